The highest BCUT2D eigenvalue weighted by molar-refractivity contribution is 5.74. The predicted octanol–water partition coefficient (Wildman–Crippen LogP) is 2.21. The van der Waals surface area contributed by atoms with E-state index in [1.54, 1.807) is 0 Å². The summed E-state index contributed by atoms with van der Waals surface area (Å²) in [6.45, 7) is 9.33. The van der Waals surface area contributed by atoms with Crippen LogP contribution < -0.4 is 10.6 Å². The fourth-order valence-corrected chi connectivity index (χ4v) is 3.61. The van der Waals surface area contributed by atoms with Crippen molar-refractivity contribution in [2.45, 2.75) is 45.8 Å². The minimum atomic E-state index is -0.129. The lowest BCUT2D eigenvalue weighted by atomic mass is 9.85. The van der Waals surface area contributed by atoms with E-state index in [9.17, 15) is 4.79 Å². The van der Waals surface area contributed by atoms with Crippen molar-refractivity contribution in [2.75, 3.05) is 19.7 Å². The van der Waals surface area contributed by atoms with Crippen molar-refractivity contribution in [3.63, 3.8) is 0 Å². The first-order valence-electron chi connectivity index (χ1n) is 8.93. The Morgan fingerprint density at radius 1 is 1.25 bits per heavy atom. The average molecular weight is 333 g/mol. The van der Waals surface area contributed by atoms with E-state index >= 15 is 0 Å². The van der Waals surface area contributed by atoms with Crippen molar-refractivity contribution in [3.8, 4) is 0 Å². The second kappa shape index (κ2) is 9.04. The summed E-state index contributed by atoms with van der Waals surface area (Å²) in [5, 5.41) is 15.0. The van der Waals surface area contributed by atoms with Gasteiger partial charge in [-0.05, 0) is 30.7 Å². The van der Waals surface area contributed by atoms with Crippen LogP contribution in [0.15, 0.2) is 30.3 Å². The summed E-state index contributed by atoms with van der Waals surface area (Å²) in [6.07, 6.45) is 0.577. The number of nitrogens with one attached hydrogen (secondary N) is 2. The minimum Gasteiger partial charge on any atom is -0.396 e. The molecular weight excluding hydrogens is 302 g/mol. The normalized spacial score (nSPS) is 25.9. The Morgan fingerprint density at radius 2 is 1.88 bits per heavy atom. The Labute approximate surface area is 145 Å². The second-order valence-electron chi connectivity index (χ2n) is 7.19. The molecule has 3 N–H and O–H groups in total. The molecule has 24 heavy (non-hydrogen) atoms. The lowest BCUT2D eigenvalue weighted by Gasteiger charge is -2.41. The quantitative estimate of drug-likeness (QED) is 0.748. The summed E-state index contributed by atoms with van der Waals surface area (Å²) in [5.74, 6) is 0.799. The Morgan fingerprint density at radius 3 is 2.46 bits per heavy atom. The highest BCUT2D eigenvalue weighted by Gasteiger charge is 2.33. The number of nitrogens with zero attached hydrogens (tertiary/aromatic N) is 1. The van der Waals surface area contributed by atoms with Crippen LogP contribution in [0.2, 0.25) is 0 Å². The molecule has 1 aromatic rings. The SMILES string of the molecule is CC1CN(Cc2ccccc2)CC(C)C1NC(=O)N[C@H](C)CCO. The van der Waals surface area contributed by atoms with E-state index in [-0.39, 0.29) is 24.7 Å². The molecule has 1 saturated heterocycles. The third-order valence-corrected chi connectivity index (χ3v) is 4.80. The van der Waals surface area contributed by atoms with Crippen molar-refractivity contribution in [1.29, 1.82) is 0 Å². The molecule has 1 aliphatic heterocycles. The van der Waals surface area contributed by atoms with Crippen LogP contribution in [0.3, 0.4) is 0 Å². The molecule has 0 aromatic heterocycles. The van der Waals surface area contributed by atoms with Gasteiger partial charge in [0.2, 0.25) is 0 Å². The van der Waals surface area contributed by atoms with Crippen LogP contribution in [-0.4, -0.2) is 47.8 Å². The molecule has 1 heterocycles. The molecule has 0 bridgehead atoms. The third-order valence-electron chi connectivity index (χ3n) is 4.80. The summed E-state index contributed by atoms with van der Waals surface area (Å²) in [6, 6.07) is 10.6. The number of hydrogen-bond donors (Lipinski definition) is 3. The fraction of sp³-hybridized carbons (Fsp3) is 0.632. The van der Waals surface area contributed by atoms with Gasteiger partial charge in [0.1, 0.15) is 0 Å². The standard InChI is InChI=1S/C19H31N3O2/c1-14-11-22(13-17-7-5-4-6-8-17)12-15(2)18(14)21-19(24)20-16(3)9-10-23/h4-8,14-16,18,23H,9-13H2,1-3H3,(H2,20,21,24)/t14?,15?,16-,18?/m1/s1. The molecule has 0 spiro atoms. The lowest BCUT2D eigenvalue weighted by molar-refractivity contribution is 0.0978. The van der Waals surface area contributed by atoms with Gasteiger partial charge < -0.3 is 15.7 Å². The molecule has 134 valence electrons. The number of hydrogen-bond acceptors (Lipinski definition) is 3. The van der Waals surface area contributed by atoms with Crippen LogP contribution in [0.25, 0.3) is 0 Å². The number of piperidine rings is 1. The molecule has 2 rings (SSSR count). The van der Waals surface area contributed by atoms with Gasteiger partial charge in [-0.1, -0.05) is 44.2 Å². The molecule has 0 aliphatic carbocycles. The number of amides is 2. The summed E-state index contributed by atoms with van der Waals surface area (Å²) in [4.78, 5) is 14.6. The summed E-state index contributed by atoms with van der Waals surface area (Å²) in [5.41, 5.74) is 1.33. The predicted molar refractivity (Wildman–Crippen MR) is 96.7 cm³/mol. The van der Waals surface area contributed by atoms with Crippen LogP contribution >= 0.6 is 0 Å². The van der Waals surface area contributed by atoms with E-state index < -0.39 is 0 Å². The number of carbonyl (C=O) groups excluding carboxylic acids is 1. The van der Waals surface area contributed by atoms with E-state index in [0.717, 1.165) is 19.6 Å². The van der Waals surface area contributed by atoms with Gasteiger partial charge in [0.05, 0.1) is 0 Å². The third kappa shape index (κ3) is 5.49. The number of rotatable bonds is 6. The number of aliphatic hydroxyl groups is 1. The van der Waals surface area contributed by atoms with Crippen LogP contribution in [0.4, 0.5) is 4.79 Å². The first kappa shape index (κ1) is 18.7. The van der Waals surface area contributed by atoms with E-state index in [1.807, 2.05) is 13.0 Å². The Balaban J connectivity index is 1.85. The molecule has 5 nitrogen and oxygen atoms in total. The van der Waals surface area contributed by atoms with Gasteiger partial charge in [0.25, 0.3) is 0 Å². The molecule has 2 unspecified atom stereocenters. The van der Waals surface area contributed by atoms with Gasteiger partial charge >= 0.3 is 6.03 Å². The molecule has 1 aromatic carbocycles. The second-order valence-corrected chi connectivity index (χ2v) is 7.19. The molecular formula is C19H31N3O2. The van der Waals surface area contributed by atoms with Crippen LogP contribution in [-0.2, 0) is 6.54 Å². The first-order valence-corrected chi connectivity index (χ1v) is 8.93. The minimum absolute atomic E-state index is 0.0150. The highest BCUT2D eigenvalue weighted by Crippen LogP contribution is 2.23. The van der Waals surface area contributed by atoms with Gasteiger partial charge in [0.15, 0.2) is 0 Å². The van der Waals surface area contributed by atoms with Crippen LogP contribution in [0.1, 0.15) is 32.8 Å². The van der Waals surface area contributed by atoms with Crippen LogP contribution in [0, 0.1) is 11.8 Å². The van der Waals surface area contributed by atoms with Crippen LogP contribution in [0.5, 0.6) is 0 Å². The van der Waals surface area contributed by atoms with Gasteiger partial charge in [0, 0.05) is 38.3 Å². The van der Waals surface area contributed by atoms with E-state index in [4.69, 9.17) is 5.11 Å². The zero-order chi connectivity index (χ0) is 17.5. The first-order chi connectivity index (χ1) is 11.5. The maximum absolute atomic E-state index is 12.1. The zero-order valence-electron chi connectivity index (χ0n) is 15.0. The molecule has 3 atom stereocenters. The Kier molecular flexibility index (Phi) is 7.06. The van der Waals surface area contributed by atoms with E-state index in [0.29, 0.717) is 18.3 Å². The van der Waals surface area contributed by atoms with Gasteiger partial charge in [-0.3, -0.25) is 4.90 Å². The fourth-order valence-electron chi connectivity index (χ4n) is 3.61. The summed E-state index contributed by atoms with van der Waals surface area (Å²) < 4.78 is 0. The van der Waals surface area contributed by atoms with E-state index in [2.05, 4.69) is 53.6 Å². The molecule has 1 fully saturated rings. The van der Waals surface area contributed by atoms with Crippen molar-refractivity contribution >= 4 is 6.03 Å². The molecule has 1 aliphatic rings. The van der Waals surface area contributed by atoms with Gasteiger partial charge in [-0.25, -0.2) is 4.79 Å². The smallest absolute Gasteiger partial charge is 0.315 e. The maximum Gasteiger partial charge on any atom is 0.315 e. The Hall–Kier alpha value is -1.59. The van der Waals surface area contributed by atoms with Crippen molar-refractivity contribution < 1.29 is 9.90 Å². The van der Waals surface area contributed by atoms with Crippen molar-refractivity contribution in [3.05, 3.63) is 35.9 Å². The molecule has 2 amide bonds. The number of likely N-dealkylation sites (tertiary alicyclic amines) is 1. The lowest BCUT2D eigenvalue weighted by Crippen LogP contribution is -2.57. The molecule has 0 radical (unpaired) electrons. The molecule has 0 saturated carbocycles. The maximum atomic E-state index is 12.1. The number of carbonyl (C=O) groups is 1. The Bertz CT molecular complexity index is 497. The average Bonchev–Trinajstić information content (AvgIpc) is 2.52. The zero-order valence-corrected chi connectivity index (χ0v) is 15.0. The monoisotopic (exact) mass is 333 g/mol. The number of benzene rings is 1. The molecule has 5 heteroatoms. The van der Waals surface area contributed by atoms with Crippen molar-refractivity contribution in [1.82, 2.24) is 15.5 Å². The number of urea groups is 1. The van der Waals surface area contributed by atoms with E-state index in [1.165, 1.54) is 5.56 Å². The number of aliphatic hydroxyl groups excluding tert-OH is 1. The summed E-state index contributed by atoms with van der Waals surface area (Å²) in [7, 11) is 0. The topological polar surface area (TPSA) is 64.6 Å². The highest BCUT2D eigenvalue weighted by atomic mass is 16.3. The van der Waals surface area contributed by atoms with Crippen molar-refractivity contribution in [2.24, 2.45) is 11.8 Å². The van der Waals surface area contributed by atoms with Gasteiger partial charge in [-0.15, -0.1) is 0 Å². The summed E-state index contributed by atoms with van der Waals surface area (Å²) >= 11 is 0. The largest absolute Gasteiger partial charge is 0.396 e. The van der Waals surface area contributed by atoms with Gasteiger partial charge in [-0.2, -0.15) is 0 Å².